The van der Waals surface area contributed by atoms with E-state index in [4.69, 9.17) is 30.8 Å². The minimum Gasteiger partial charge on any atom is -0.493 e. The van der Waals surface area contributed by atoms with Crippen molar-refractivity contribution in [1.29, 1.82) is 0 Å². The van der Waals surface area contributed by atoms with Crippen LogP contribution in [0.1, 0.15) is 90.9 Å². The third-order valence-electron chi connectivity index (χ3n) is 11.3. The van der Waals surface area contributed by atoms with Crippen molar-refractivity contribution in [2.45, 2.75) is 98.1 Å². The van der Waals surface area contributed by atoms with Crippen LogP contribution in [0.3, 0.4) is 0 Å². The summed E-state index contributed by atoms with van der Waals surface area (Å²) in [6.45, 7) is 16.2. The standard InChI is InChI=1S/C46H56ClN3O5/c1-29-9-7-11-38(47)37(29)27-50-19-16-32-23-34(12-13-36(32)26-50)42-39(28-49(6)25-31-17-21-53-22-18-31)48-30(2)41(44(45(51)52)55-46(3,4)5)43(42)35-14-15-40-33(24-35)10-8-20-54-40/h7,9,11-15,23-24,31,44H,8,10,16-22,25-28H2,1-6H3,(H,51,52). The molecule has 4 aromatic rings. The second-order valence-electron chi connectivity index (χ2n) is 16.8. The van der Waals surface area contributed by atoms with Crippen LogP contribution in [0.25, 0.3) is 22.3 Å². The maximum atomic E-state index is 13.3. The van der Waals surface area contributed by atoms with E-state index in [0.29, 0.717) is 30.3 Å². The summed E-state index contributed by atoms with van der Waals surface area (Å²) in [7, 11) is 2.17. The average Bonchev–Trinajstić information content (AvgIpc) is 3.15. The first kappa shape index (κ1) is 39.4. The molecule has 1 fully saturated rings. The lowest BCUT2D eigenvalue weighted by atomic mass is 9.84. The molecule has 1 aromatic heterocycles. The Balaban J connectivity index is 1.37. The quantitative estimate of drug-likeness (QED) is 0.162. The molecule has 0 amide bonds. The molecule has 3 aromatic carbocycles. The number of hydrogen-bond donors (Lipinski definition) is 1. The molecule has 1 saturated heterocycles. The molecular weight excluding hydrogens is 710 g/mol. The number of pyridine rings is 1. The number of aromatic nitrogens is 1. The number of aliphatic carboxylic acids is 1. The van der Waals surface area contributed by atoms with Crippen LogP contribution in [0, 0.1) is 19.8 Å². The molecule has 3 aliphatic rings. The molecule has 1 atom stereocenters. The van der Waals surface area contributed by atoms with Gasteiger partial charge in [-0.2, -0.15) is 0 Å². The van der Waals surface area contributed by atoms with Gasteiger partial charge in [-0.1, -0.05) is 48.0 Å². The van der Waals surface area contributed by atoms with Crippen LogP contribution in [0.4, 0.5) is 0 Å². The van der Waals surface area contributed by atoms with Gasteiger partial charge >= 0.3 is 5.97 Å². The van der Waals surface area contributed by atoms with Crippen molar-refractivity contribution in [3.8, 4) is 28.0 Å². The Bertz CT molecular complexity index is 2010. The van der Waals surface area contributed by atoms with Crippen molar-refractivity contribution < 1.29 is 24.1 Å². The largest absolute Gasteiger partial charge is 0.493 e. The molecule has 9 heteroatoms. The first-order valence-electron chi connectivity index (χ1n) is 19.9. The summed E-state index contributed by atoms with van der Waals surface area (Å²) < 4.78 is 18.1. The van der Waals surface area contributed by atoms with Gasteiger partial charge in [-0.3, -0.25) is 9.88 Å². The number of benzene rings is 3. The van der Waals surface area contributed by atoms with E-state index in [1.165, 1.54) is 22.3 Å². The molecule has 8 nitrogen and oxygen atoms in total. The van der Waals surface area contributed by atoms with Crippen LogP contribution in [0.2, 0.25) is 5.02 Å². The second-order valence-corrected chi connectivity index (χ2v) is 17.2. The summed E-state index contributed by atoms with van der Waals surface area (Å²) in [5.74, 6) is 0.420. The van der Waals surface area contributed by atoms with Gasteiger partial charge in [-0.25, -0.2) is 4.79 Å². The van der Waals surface area contributed by atoms with Gasteiger partial charge in [-0.15, -0.1) is 0 Å². The van der Waals surface area contributed by atoms with Crippen LogP contribution in [0.15, 0.2) is 54.6 Å². The van der Waals surface area contributed by atoms with Crippen LogP contribution in [0.5, 0.6) is 5.75 Å². The predicted octanol–water partition coefficient (Wildman–Crippen LogP) is 9.37. The van der Waals surface area contributed by atoms with E-state index in [0.717, 1.165) is 116 Å². The summed E-state index contributed by atoms with van der Waals surface area (Å²) in [5, 5.41) is 11.7. The Morgan fingerprint density at radius 1 is 1.00 bits per heavy atom. The van der Waals surface area contributed by atoms with Crippen molar-refractivity contribution in [2.75, 3.05) is 40.0 Å². The highest BCUT2D eigenvalue weighted by molar-refractivity contribution is 6.31. The van der Waals surface area contributed by atoms with Gasteiger partial charge in [-0.05, 0) is 142 Å². The van der Waals surface area contributed by atoms with E-state index in [9.17, 15) is 9.90 Å². The third kappa shape index (κ3) is 9.11. The molecule has 0 bridgehead atoms. The second kappa shape index (κ2) is 16.7. The summed E-state index contributed by atoms with van der Waals surface area (Å²) >= 11 is 6.65. The van der Waals surface area contributed by atoms with Crippen LogP contribution in [-0.4, -0.2) is 71.4 Å². The molecule has 0 saturated carbocycles. The number of carboxylic acid groups (broad SMARTS) is 1. The topological polar surface area (TPSA) is 84.4 Å². The van der Waals surface area contributed by atoms with Crippen LogP contribution >= 0.6 is 11.6 Å². The first-order chi connectivity index (χ1) is 26.3. The lowest BCUT2D eigenvalue weighted by Gasteiger charge is -2.32. The number of ether oxygens (including phenoxy) is 3. The summed E-state index contributed by atoms with van der Waals surface area (Å²) in [4.78, 5) is 23.4. The predicted molar refractivity (Wildman–Crippen MR) is 219 cm³/mol. The van der Waals surface area contributed by atoms with E-state index in [1.807, 2.05) is 45.9 Å². The van der Waals surface area contributed by atoms with Crippen LogP contribution in [-0.2, 0) is 46.7 Å². The number of halogens is 1. The highest BCUT2D eigenvalue weighted by atomic mass is 35.5. The van der Waals surface area contributed by atoms with E-state index in [2.05, 4.69) is 60.2 Å². The van der Waals surface area contributed by atoms with Crippen LogP contribution < -0.4 is 4.74 Å². The van der Waals surface area contributed by atoms with Gasteiger partial charge in [0, 0.05) is 67.8 Å². The van der Waals surface area contributed by atoms with Crippen molar-refractivity contribution in [3.05, 3.63) is 104 Å². The van der Waals surface area contributed by atoms with Crippen molar-refractivity contribution >= 4 is 17.6 Å². The Hall–Kier alpha value is -3.79. The van der Waals surface area contributed by atoms with Crippen molar-refractivity contribution in [2.24, 2.45) is 5.92 Å². The number of carbonyl (C=O) groups is 1. The fraction of sp³-hybridized carbons (Fsp3) is 0.478. The van der Waals surface area contributed by atoms with Crippen molar-refractivity contribution in [1.82, 2.24) is 14.8 Å². The average molecular weight is 766 g/mol. The molecule has 7 rings (SSSR count). The minimum absolute atomic E-state index is 0.556. The van der Waals surface area contributed by atoms with Gasteiger partial charge in [0.15, 0.2) is 6.10 Å². The normalized spacial score (nSPS) is 17.1. The maximum Gasteiger partial charge on any atom is 0.337 e. The zero-order valence-electron chi connectivity index (χ0n) is 33.3. The minimum atomic E-state index is -1.22. The molecule has 0 spiro atoms. The summed E-state index contributed by atoms with van der Waals surface area (Å²) in [6, 6.07) is 19.3. The van der Waals surface area contributed by atoms with E-state index >= 15 is 0 Å². The summed E-state index contributed by atoms with van der Waals surface area (Å²) in [6.07, 6.45) is 3.62. The van der Waals surface area contributed by atoms with Gasteiger partial charge < -0.3 is 24.2 Å². The smallest absolute Gasteiger partial charge is 0.337 e. The maximum absolute atomic E-state index is 13.3. The summed E-state index contributed by atoms with van der Waals surface area (Å²) in [5.41, 5.74) is 11.5. The van der Waals surface area contributed by atoms with Gasteiger partial charge in [0.2, 0.25) is 0 Å². The first-order valence-corrected chi connectivity index (χ1v) is 20.3. The number of fused-ring (bicyclic) bond motifs is 2. The van der Waals surface area contributed by atoms with Gasteiger partial charge in [0.1, 0.15) is 5.75 Å². The molecule has 1 N–H and O–H groups in total. The Labute approximate surface area is 331 Å². The molecule has 0 aliphatic carbocycles. The SMILES string of the molecule is Cc1cccc(Cl)c1CN1CCc2cc(-c3c(CN(C)CC4CCOCC4)nc(C)c(C(OC(C)(C)C)C(=O)O)c3-c3ccc4c(c3)CCCO4)ccc2C1. The highest BCUT2D eigenvalue weighted by Crippen LogP contribution is 2.45. The number of hydrogen-bond acceptors (Lipinski definition) is 7. The molecular formula is C46H56ClN3O5. The molecule has 0 radical (unpaired) electrons. The fourth-order valence-electron chi connectivity index (χ4n) is 8.61. The lowest BCUT2D eigenvalue weighted by molar-refractivity contribution is -0.160. The highest BCUT2D eigenvalue weighted by Gasteiger charge is 2.35. The van der Waals surface area contributed by atoms with E-state index in [-0.39, 0.29) is 0 Å². The molecule has 1 unspecified atom stereocenters. The third-order valence-corrected chi connectivity index (χ3v) is 11.7. The fourth-order valence-corrected chi connectivity index (χ4v) is 8.89. The molecule has 292 valence electrons. The zero-order valence-corrected chi connectivity index (χ0v) is 34.1. The number of nitrogens with zero attached hydrogens (tertiary/aromatic N) is 3. The Morgan fingerprint density at radius 2 is 1.75 bits per heavy atom. The van der Waals surface area contributed by atoms with Crippen molar-refractivity contribution in [3.63, 3.8) is 0 Å². The monoisotopic (exact) mass is 765 g/mol. The number of carboxylic acids is 1. The molecule has 3 aliphatic heterocycles. The number of aryl methyl sites for hydroxylation is 3. The Kier molecular flexibility index (Phi) is 12.0. The van der Waals surface area contributed by atoms with E-state index < -0.39 is 17.7 Å². The Morgan fingerprint density at radius 3 is 2.49 bits per heavy atom. The lowest BCUT2D eigenvalue weighted by Crippen LogP contribution is -2.31. The molecule has 4 heterocycles. The molecule has 55 heavy (non-hydrogen) atoms. The van der Waals surface area contributed by atoms with Gasteiger partial charge in [0.05, 0.1) is 17.9 Å². The van der Waals surface area contributed by atoms with E-state index in [1.54, 1.807) is 0 Å². The number of rotatable bonds is 11. The zero-order chi connectivity index (χ0) is 38.9. The van der Waals surface area contributed by atoms with Gasteiger partial charge in [0.25, 0.3) is 0 Å².